The second kappa shape index (κ2) is 14.0. The number of hydrogen-bond acceptors (Lipinski definition) is 9. The Hall–Kier alpha value is -4.27. The standard InChI is InChI=1S/C32H46N8O4/c1-8-17-34-28-32(5,21-35-29(37-28)36-22-14-15-23-25(20-22)39(6)38-27(23)43-7)16-10-9-11-18-33-26(41)24-13-12-19-40(24)30(42)44-31(2,3)4/h14-15,20,24H,8-9,11-13,17-19,21H2,1-7H3,(H,33,41)(H2,34,35,36,37)/t24-,32?/m0/s1. The molecule has 2 aromatic rings. The van der Waals surface area contributed by atoms with Crippen molar-refractivity contribution in [3.8, 4) is 17.7 Å². The van der Waals surface area contributed by atoms with Crippen molar-refractivity contribution in [3.63, 3.8) is 0 Å². The van der Waals surface area contributed by atoms with Crippen molar-refractivity contribution in [2.75, 3.05) is 38.6 Å². The molecule has 238 valence electrons. The van der Waals surface area contributed by atoms with Crippen LogP contribution >= 0.6 is 0 Å². The molecule has 0 bridgehead atoms. The maximum Gasteiger partial charge on any atom is 0.410 e. The fraction of sp³-hybridized carbons (Fsp3) is 0.594. The monoisotopic (exact) mass is 606 g/mol. The van der Waals surface area contributed by atoms with Gasteiger partial charge in [-0.1, -0.05) is 12.8 Å². The lowest BCUT2D eigenvalue weighted by atomic mass is 9.88. The van der Waals surface area contributed by atoms with Gasteiger partial charge in [-0.2, -0.15) is 4.99 Å². The van der Waals surface area contributed by atoms with E-state index < -0.39 is 23.2 Å². The topological polar surface area (TPSA) is 134 Å². The molecule has 1 aromatic carbocycles. The number of aliphatic imine (C=N–C) groups is 2. The molecule has 0 aliphatic carbocycles. The van der Waals surface area contributed by atoms with Gasteiger partial charge in [0, 0.05) is 38.8 Å². The molecule has 3 N–H and O–H groups in total. The molecule has 12 heteroatoms. The summed E-state index contributed by atoms with van der Waals surface area (Å²) in [6.07, 6.45) is 3.24. The smallest absolute Gasteiger partial charge is 0.410 e. The number of nitrogens with one attached hydrogen (secondary N) is 3. The van der Waals surface area contributed by atoms with Crippen LogP contribution in [0.4, 0.5) is 10.5 Å². The van der Waals surface area contributed by atoms with Gasteiger partial charge in [0.25, 0.3) is 0 Å². The SMILES string of the molecule is CCCNC1=NC(Nc2ccc3c(OC)nn(C)c3c2)=NCC1(C)C#CCCCNC(=O)[C@@H]1CCCN1C(=O)OC(C)(C)C. The molecule has 1 unspecified atom stereocenters. The van der Waals surface area contributed by atoms with Crippen LogP contribution in [0, 0.1) is 17.3 Å². The minimum Gasteiger partial charge on any atom is -0.479 e. The van der Waals surface area contributed by atoms with Crippen molar-refractivity contribution in [2.45, 2.75) is 78.4 Å². The lowest BCUT2D eigenvalue weighted by Crippen LogP contribution is -2.47. The van der Waals surface area contributed by atoms with Gasteiger partial charge in [-0.25, -0.2) is 9.79 Å². The average molecular weight is 607 g/mol. The van der Waals surface area contributed by atoms with Crippen LogP contribution < -0.4 is 20.7 Å². The molecule has 0 spiro atoms. The van der Waals surface area contributed by atoms with E-state index >= 15 is 0 Å². The lowest BCUT2D eigenvalue weighted by molar-refractivity contribution is -0.125. The van der Waals surface area contributed by atoms with Gasteiger partial charge in [0.1, 0.15) is 22.9 Å². The Kier molecular flexibility index (Phi) is 10.4. The molecule has 44 heavy (non-hydrogen) atoms. The first-order valence-corrected chi connectivity index (χ1v) is 15.4. The summed E-state index contributed by atoms with van der Waals surface area (Å²) < 4.78 is 12.6. The number of benzene rings is 1. The minimum absolute atomic E-state index is 0.144. The molecule has 3 heterocycles. The number of aromatic nitrogens is 2. The van der Waals surface area contributed by atoms with Crippen LogP contribution in [0.3, 0.4) is 0 Å². The number of hydrogen-bond donors (Lipinski definition) is 3. The highest BCUT2D eigenvalue weighted by Crippen LogP contribution is 2.28. The van der Waals surface area contributed by atoms with E-state index in [-0.39, 0.29) is 5.91 Å². The third-order valence-electron chi connectivity index (χ3n) is 7.42. The summed E-state index contributed by atoms with van der Waals surface area (Å²) in [5.41, 5.74) is 0.635. The third-order valence-corrected chi connectivity index (χ3v) is 7.42. The van der Waals surface area contributed by atoms with Crippen molar-refractivity contribution in [1.29, 1.82) is 0 Å². The summed E-state index contributed by atoms with van der Waals surface area (Å²) in [4.78, 5) is 36.4. The number of ether oxygens (including phenoxy) is 2. The molecule has 12 nitrogen and oxygen atoms in total. The number of nitrogens with zero attached hydrogens (tertiary/aromatic N) is 5. The Morgan fingerprint density at radius 3 is 2.75 bits per heavy atom. The molecular formula is C32H46N8O4. The minimum atomic E-state index is -0.599. The Bertz CT molecular complexity index is 1480. The molecule has 2 aliphatic heterocycles. The van der Waals surface area contributed by atoms with Crippen LogP contribution in [0.1, 0.15) is 66.7 Å². The largest absolute Gasteiger partial charge is 0.479 e. The third kappa shape index (κ3) is 8.01. The summed E-state index contributed by atoms with van der Waals surface area (Å²) in [6, 6.07) is 5.43. The Morgan fingerprint density at radius 1 is 1.23 bits per heavy atom. The Morgan fingerprint density at radius 2 is 2.02 bits per heavy atom. The summed E-state index contributed by atoms with van der Waals surface area (Å²) >= 11 is 0. The molecule has 2 atom stereocenters. The van der Waals surface area contributed by atoms with Gasteiger partial charge in [0.2, 0.25) is 17.7 Å². The molecule has 0 radical (unpaired) electrons. The van der Waals surface area contributed by atoms with Gasteiger partial charge in [0.15, 0.2) is 0 Å². The summed E-state index contributed by atoms with van der Waals surface area (Å²) in [7, 11) is 3.49. The molecule has 4 rings (SSSR count). The molecule has 1 aromatic heterocycles. The first kappa shape index (κ1) is 32.6. The van der Waals surface area contributed by atoms with Crippen LogP contribution in [0.25, 0.3) is 10.9 Å². The average Bonchev–Trinajstić information content (AvgIpc) is 3.59. The predicted octanol–water partition coefficient (Wildman–Crippen LogP) is 4.07. The van der Waals surface area contributed by atoms with Crippen LogP contribution in [0.5, 0.6) is 5.88 Å². The van der Waals surface area contributed by atoms with E-state index in [0.29, 0.717) is 50.7 Å². The molecule has 2 aliphatic rings. The number of guanidine groups is 1. The van der Waals surface area contributed by atoms with Crippen molar-refractivity contribution in [3.05, 3.63) is 18.2 Å². The molecule has 0 saturated carbocycles. The number of anilines is 1. The van der Waals surface area contributed by atoms with E-state index in [1.165, 1.54) is 4.90 Å². The molecule has 2 amide bonds. The predicted molar refractivity (Wildman–Crippen MR) is 173 cm³/mol. The van der Waals surface area contributed by atoms with E-state index in [1.54, 1.807) is 11.8 Å². The number of methoxy groups -OCH3 is 1. The highest BCUT2D eigenvalue weighted by atomic mass is 16.6. The van der Waals surface area contributed by atoms with Crippen LogP contribution in [0.15, 0.2) is 28.2 Å². The van der Waals surface area contributed by atoms with Crippen molar-refractivity contribution < 1.29 is 19.1 Å². The zero-order valence-corrected chi connectivity index (χ0v) is 27.0. The van der Waals surface area contributed by atoms with Crippen LogP contribution in [0.2, 0.25) is 0 Å². The number of likely N-dealkylation sites (tertiary alicyclic amines) is 1. The zero-order chi connectivity index (χ0) is 31.9. The van der Waals surface area contributed by atoms with E-state index in [4.69, 9.17) is 19.5 Å². The Balaban J connectivity index is 1.32. The quantitative estimate of drug-likeness (QED) is 0.305. The fourth-order valence-corrected chi connectivity index (χ4v) is 5.14. The van der Waals surface area contributed by atoms with Gasteiger partial charge >= 0.3 is 6.09 Å². The van der Waals surface area contributed by atoms with E-state index in [2.05, 4.69) is 39.8 Å². The number of aryl methyl sites for hydroxylation is 1. The summed E-state index contributed by atoms with van der Waals surface area (Å²) in [5, 5.41) is 15.1. The van der Waals surface area contributed by atoms with Gasteiger partial charge in [-0.3, -0.25) is 14.4 Å². The maximum atomic E-state index is 12.8. The van der Waals surface area contributed by atoms with Crippen LogP contribution in [-0.2, 0) is 16.6 Å². The number of unbranched alkanes of at least 4 members (excludes halogenated alkanes) is 1. The number of carbonyl (C=O) groups excluding carboxylic acids is 2. The first-order chi connectivity index (χ1) is 20.9. The van der Waals surface area contributed by atoms with E-state index in [1.807, 2.05) is 52.9 Å². The molecular weight excluding hydrogens is 560 g/mol. The number of amidine groups is 1. The van der Waals surface area contributed by atoms with Gasteiger partial charge in [-0.15, -0.1) is 11.0 Å². The molecule has 1 saturated heterocycles. The van der Waals surface area contributed by atoms with Crippen molar-refractivity contribution >= 4 is 40.4 Å². The number of fused-ring (bicyclic) bond motifs is 1. The fourth-order valence-electron chi connectivity index (χ4n) is 5.14. The van der Waals surface area contributed by atoms with Gasteiger partial charge in [-0.05, 0) is 71.6 Å². The normalized spacial score (nSPS) is 19.9. The number of carbonyl (C=O) groups is 2. The van der Waals surface area contributed by atoms with Crippen molar-refractivity contribution in [1.82, 2.24) is 25.3 Å². The lowest BCUT2D eigenvalue weighted by Gasteiger charge is -2.28. The number of rotatable bonds is 8. The first-order valence-electron chi connectivity index (χ1n) is 15.4. The second-order valence-corrected chi connectivity index (χ2v) is 12.4. The van der Waals surface area contributed by atoms with Crippen molar-refractivity contribution in [2.24, 2.45) is 22.4 Å². The Labute approximate surface area is 260 Å². The molecule has 1 fully saturated rings. The highest BCUT2D eigenvalue weighted by molar-refractivity contribution is 6.07. The summed E-state index contributed by atoms with van der Waals surface area (Å²) in [6.45, 7) is 11.9. The summed E-state index contributed by atoms with van der Waals surface area (Å²) in [5.74, 6) is 8.41. The zero-order valence-electron chi connectivity index (χ0n) is 27.0. The van der Waals surface area contributed by atoms with Gasteiger partial charge < -0.3 is 25.4 Å². The number of amides is 2. The highest BCUT2D eigenvalue weighted by Gasteiger charge is 2.36. The maximum absolute atomic E-state index is 12.8. The van der Waals surface area contributed by atoms with Crippen LogP contribution in [-0.4, -0.2) is 83.4 Å². The van der Waals surface area contributed by atoms with E-state index in [0.717, 1.165) is 41.8 Å². The van der Waals surface area contributed by atoms with E-state index in [9.17, 15) is 9.59 Å². The second-order valence-electron chi connectivity index (χ2n) is 12.4. The van der Waals surface area contributed by atoms with Gasteiger partial charge in [0.05, 0.1) is 24.6 Å².